The van der Waals surface area contributed by atoms with Gasteiger partial charge in [0.05, 0.1) is 36.6 Å². The number of ether oxygens (including phenoxy) is 2. The lowest BCUT2D eigenvalue weighted by atomic mass is 9.42. The fraction of sp³-hybridized carbons (Fsp3) is 1.00. The lowest BCUT2D eigenvalue weighted by Gasteiger charge is -2.66. The van der Waals surface area contributed by atoms with Crippen LogP contribution >= 0.6 is 0 Å². The van der Waals surface area contributed by atoms with Gasteiger partial charge in [0.25, 0.3) is 0 Å². The molecule has 6 fully saturated rings. The van der Waals surface area contributed by atoms with Crippen LogP contribution in [-0.2, 0) is 9.47 Å². The number of aliphatic hydroxyl groups is 4. The minimum atomic E-state index is -1.34. The summed E-state index contributed by atoms with van der Waals surface area (Å²) in [4.78, 5) is 0. The van der Waals surface area contributed by atoms with E-state index in [9.17, 15) is 20.4 Å². The van der Waals surface area contributed by atoms with E-state index in [1.54, 1.807) is 0 Å². The topological polar surface area (TPSA) is 99.4 Å². The smallest absolute Gasteiger partial charge is 0.171 e. The molecule has 0 amide bonds. The van der Waals surface area contributed by atoms with E-state index < -0.39 is 35.1 Å². The molecule has 188 valence electrons. The van der Waals surface area contributed by atoms with Crippen molar-refractivity contribution in [2.75, 3.05) is 6.61 Å². The van der Waals surface area contributed by atoms with Crippen molar-refractivity contribution < 1.29 is 29.9 Å². The molecule has 4 aliphatic carbocycles. The highest BCUT2D eigenvalue weighted by Crippen LogP contribution is 2.71. The van der Waals surface area contributed by atoms with Crippen LogP contribution in [0.2, 0.25) is 0 Å². The molecule has 6 heteroatoms. The summed E-state index contributed by atoms with van der Waals surface area (Å²) in [6.45, 7) is 9.90. The van der Waals surface area contributed by atoms with E-state index >= 15 is 0 Å². The van der Waals surface area contributed by atoms with E-state index in [1.165, 1.54) is 0 Å². The molecule has 33 heavy (non-hydrogen) atoms. The molecule has 0 aromatic carbocycles. The third-order valence-corrected chi connectivity index (χ3v) is 12.2. The molecule has 0 aromatic rings. The lowest BCUT2D eigenvalue weighted by molar-refractivity contribution is -0.286. The monoisotopic (exact) mass is 464 g/mol. The van der Waals surface area contributed by atoms with Crippen LogP contribution in [0.5, 0.6) is 0 Å². The van der Waals surface area contributed by atoms with Crippen molar-refractivity contribution in [3.8, 4) is 0 Å². The summed E-state index contributed by atoms with van der Waals surface area (Å²) >= 11 is 0. The Bertz CT molecular complexity index is 795. The predicted molar refractivity (Wildman–Crippen MR) is 122 cm³/mol. The summed E-state index contributed by atoms with van der Waals surface area (Å²) in [5, 5.41) is 43.8. The van der Waals surface area contributed by atoms with Gasteiger partial charge in [-0.05, 0) is 73.5 Å². The largest absolute Gasteiger partial charge is 0.390 e. The van der Waals surface area contributed by atoms with Gasteiger partial charge in [-0.1, -0.05) is 27.7 Å². The molecule has 6 rings (SSSR count). The molecule has 0 unspecified atom stereocenters. The van der Waals surface area contributed by atoms with Crippen molar-refractivity contribution in [1.82, 2.24) is 0 Å². The molecule has 2 aliphatic heterocycles. The highest BCUT2D eigenvalue weighted by atomic mass is 16.7. The summed E-state index contributed by atoms with van der Waals surface area (Å²) in [7, 11) is 0. The molecule has 1 spiro atoms. The molecular weight excluding hydrogens is 420 g/mol. The van der Waals surface area contributed by atoms with Gasteiger partial charge in [0.2, 0.25) is 0 Å². The Kier molecular flexibility index (Phi) is 5.03. The third kappa shape index (κ3) is 2.83. The first-order valence-electron chi connectivity index (χ1n) is 13.5. The molecule has 0 bridgehead atoms. The fourth-order valence-corrected chi connectivity index (χ4v) is 10.3. The first-order valence-corrected chi connectivity index (χ1v) is 13.5. The van der Waals surface area contributed by atoms with E-state index in [4.69, 9.17) is 9.47 Å². The Morgan fingerprint density at radius 3 is 2.30 bits per heavy atom. The highest BCUT2D eigenvalue weighted by molar-refractivity contribution is 5.20. The Morgan fingerprint density at radius 1 is 0.879 bits per heavy atom. The number of fused-ring (bicyclic) bond motifs is 7. The van der Waals surface area contributed by atoms with Crippen molar-refractivity contribution in [1.29, 1.82) is 0 Å². The van der Waals surface area contributed by atoms with Crippen molar-refractivity contribution >= 4 is 0 Å². The Morgan fingerprint density at radius 2 is 1.61 bits per heavy atom. The average molecular weight is 465 g/mol. The second-order valence-electron chi connectivity index (χ2n) is 13.5. The Labute approximate surface area is 198 Å². The van der Waals surface area contributed by atoms with Crippen LogP contribution in [0.15, 0.2) is 0 Å². The van der Waals surface area contributed by atoms with Gasteiger partial charge in [-0.3, -0.25) is 0 Å². The van der Waals surface area contributed by atoms with Gasteiger partial charge in [-0.15, -0.1) is 0 Å². The van der Waals surface area contributed by atoms with Crippen LogP contribution in [0.4, 0.5) is 0 Å². The van der Waals surface area contributed by atoms with Crippen molar-refractivity contribution in [2.24, 2.45) is 46.3 Å². The molecule has 4 saturated carbocycles. The molecule has 2 heterocycles. The molecule has 4 N–H and O–H groups in total. The van der Waals surface area contributed by atoms with Gasteiger partial charge in [-0.25, -0.2) is 0 Å². The van der Waals surface area contributed by atoms with Gasteiger partial charge in [0.1, 0.15) is 0 Å². The summed E-state index contributed by atoms with van der Waals surface area (Å²) < 4.78 is 13.2. The van der Waals surface area contributed by atoms with Crippen LogP contribution in [0, 0.1) is 46.3 Å². The first-order chi connectivity index (χ1) is 15.5. The molecule has 14 atom stereocenters. The van der Waals surface area contributed by atoms with Crippen molar-refractivity contribution in [3.05, 3.63) is 0 Å². The molecule has 6 aliphatic rings. The summed E-state index contributed by atoms with van der Waals surface area (Å²) in [6.07, 6.45) is 3.71. The maximum absolute atomic E-state index is 11.7. The van der Waals surface area contributed by atoms with Crippen LogP contribution in [0.25, 0.3) is 0 Å². The standard InChI is InChI=1S/C27H44O6/c1-14-5-8-27(32-13-14)15(2)23-21(33-27)10-18-16-9-22(30)26(31)12-20(29)19(28)11-25(26,4)17(16)6-7-24(18,23)3/h14-23,28-31H,5-13H2,1-4H3/t14-,15+,16-,17+,18-,19-,20-,21+,22-,23+,24+,25-,26+,27-/m1/s1. The van der Waals surface area contributed by atoms with E-state index in [-0.39, 0.29) is 23.9 Å². The van der Waals surface area contributed by atoms with Gasteiger partial charge >= 0.3 is 0 Å². The number of aliphatic hydroxyl groups excluding tert-OH is 3. The number of rotatable bonds is 0. The van der Waals surface area contributed by atoms with Crippen molar-refractivity contribution in [3.63, 3.8) is 0 Å². The lowest BCUT2D eigenvalue weighted by Crippen LogP contribution is -2.70. The minimum Gasteiger partial charge on any atom is -0.390 e. The molecule has 0 aromatic heterocycles. The maximum Gasteiger partial charge on any atom is 0.171 e. The Hall–Kier alpha value is -0.240. The van der Waals surface area contributed by atoms with Gasteiger partial charge in [-0.2, -0.15) is 0 Å². The molecule has 2 saturated heterocycles. The van der Waals surface area contributed by atoms with Crippen LogP contribution in [0.3, 0.4) is 0 Å². The molecule has 6 nitrogen and oxygen atoms in total. The summed E-state index contributed by atoms with van der Waals surface area (Å²) in [5.74, 6) is 1.97. The average Bonchev–Trinajstić information content (AvgIpc) is 3.19. The number of hydrogen-bond acceptors (Lipinski definition) is 6. The van der Waals surface area contributed by atoms with Crippen LogP contribution < -0.4 is 0 Å². The number of hydrogen-bond donors (Lipinski definition) is 4. The SMILES string of the molecule is C[C@@H]1CC[C@@]2(OC1)O[C@H]1C[C@@H]3[C@@H]4C[C@@H](O)[C@@]5(O)C[C@@H](O)[C@H](O)C[C@]5(C)[C@H]4CC[C@]3(C)[C@H]1[C@@H]2C. The van der Waals surface area contributed by atoms with Gasteiger partial charge in [0, 0.05) is 24.2 Å². The summed E-state index contributed by atoms with van der Waals surface area (Å²) in [6, 6.07) is 0. The second-order valence-corrected chi connectivity index (χ2v) is 13.5. The van der Waals surface area contributed by atoms with E-state index in [0.29, 0.717) is 42.4 Å². The van der Waals surface area contributed by atoms with E-state index in [2.05, 4.69) is 27.7 Å². The minimum absolute atomic E-state index is 0.0562. The van der Waals surface area contributed by atoms with Crippen LogP contribution in [0.1, 0.15) is 79.1 Å². The maximum atomic E-state index is 11.7. The normalized spacial score (nSPS) is 64.7. The second kappa shape index (κ2) is 7.17. The summed E-state index contributed by atoms with van der Waals surface area (Å²) in [5.41, 5.74) is -1.79. The van der Waals surface area contributed by atoms with E-state index in [1.807, 2.05) is 0 Å². The van der Waals surface area contributed by atoms with Crippen LogP contribution in [-0.4, -0.2) is 62.8 Å². The molecular formula is C27H44O6. The highest BCUT2D eigenvalue weighted by Gasteiger charge is 2.72. The Balaban J connectivity index is 1.30. The van der Waals surface area contributed by atoms with E-state index in [0.717, 1.165) is 38.7 Å². The molecule has 0 radical (unpaired) electrons. The first kappa shape index (κ1) is 23.2. The quantitative estimate of drug-likeness (QED) is 0.440. The van der Waals surface area contributed by atoms with Gasteiger partial charge in [0.15, 0.2) is 5.79 Å². The zero-order valence-corrected chi connectivity index (χ0v) is 20.7. The van der Waals surface area contributed by atoms with Crippen molar-refractivity contribution in [2.45, 2.75) is 115 Å². The fourth-order valence-electron chi connectivity index (χ4n) is 10.3. The predicted octanol–water partition coefficient (Wildman–Crippen LogP) is 2.85. The third-order valence-electron chi connectivity index (χ3n) is 12.2. The van der Waals surface area contributed by atoms with Gasteiger partial charge < -0.3 is 29.9 Å². The zero-order chi connectivity index (χ0) is 23.6. The zero-order valence-electron chi connectivity index (χ0n) is 20.7.